The molecule has 1 aliphatic carbocycles. The Morgan fingerprint density at radius 3 is 1.67 bits per heavy atom. The molecule has 0 saturated carbocycles. The fourth-order valence-corrected chi connectivity index (χ4v) is 11.9. The van der Waals surface area contributed by atoms with Crippen LogP contribution in [0.25, 0.3) is 53.6 Å². The van der Waals surface area contributed by atoms with E-state index in [4.69, 9.17) is 0 Å². The van der Waals surface area contributed by atoms with Gasteiger partial charge in [-0.25, -0.2) is 0 Å². The molecule has 1 aromatic heterocycles. The first-order valence-corrected chi connectivity index (χ1v) is 22.8. The smallest absolute Gasteiger partial charge is 0.0755 e. The number of rotatable bonds is 6. The zero-order valence-electron chi connectivity index (χ0n) is 34.9. The van der Waals surface area contributed by atoms with Crippen molar-refractivity contribution in [1.29, 1.82) is 0 Å². The van der Waals surface area contributed by atoms with E-state index in [0.29, 0.717) is 0 Å². The second-order valence-corrected chi connectivity index (χ2v) is 17.9. The summed E-state index contributed by atoms with van der Waals surface area (Å²) in [7, 11) is 0. The molecule has 2 heterocycles. The van der Waals surface area contributed by atoms with E-state index in [9.17, 15) is 0 Å². The van der Waals surface area contributed by atoms with Crippen molar-refractivity contribution in [1.82, 2.24) is 0 Å². The molecule has 1 aliphatic heterocycles. The van der Waals surface area contributed by atoms with Crippen LogP contribution in [0.2, 0.25) is 0 Å². The molecule has 10 aromatic carbocycles. The van der Waals surface area contributed by atoms with Gasteiger partial charge in [0, 0.05) is 42.7 Å². The van der Waals surface area contributed by atoms with E-state index in [1.54, 1.807) is 0 Å². The average Bonchev–Trinajstić information content (AvgIpc) is 3.89. The highest BCUT2D eigenvalue weighted by molar-refractivity contribution is 7.25. The summed E-state index contributed by atoms with van der Waals surface area (Å²) in [6, 6.07) is 89.7. The van der Waals surface area contributed by atoms with Gasteiger partial charge in [-0.3, -0.25) is 0 Å². The van der Waals surface area contributed by atoms with Gasteiger partial charge in [0.1, 0.15) is 0 Å². The van der Waals surface area contributed by atoms with E-state index in [-0.39, 0.29) is 0 Å². The molecule has 2 aliphatic rings. The molecule has 11 aromatic rings. The van der Waals surface area contributed by atoms with Crippen LogP contribution in [0.3, 0.4) is 0 Å². The molecule has 64 heavy (non-hydrogen) atoms. The van der Waals surface area contributed by atoms with Crippen LogP contribution in [0.1, 0.15) is 22.3 Å². The summed E-state index contributed by atoms with van der Waals surface area (Å²) in [6.45, 7) is 0. The van der Waals surface area contributed by atoms with Gasteiger partial charge in [-0.05, 0) is 111 Å². The number of nitrogens with zero attached hydrogens (tertiary/aromatic N) is 2. The van der Waals surface area contributed by atoms with Gasteiger partial charge >= 0.3 is 0 Å². The zero-order chi connectivity index (χ0) is 42.2. The van der Waals surface area contributed by atoms with Gasteiger partial charge in [0.25, 0.3) is 0 Å². The third-order valence-electron chi connectivity index (χ3n) is 13.5. The van der Waals surface area contributed by atoms with E-state index < -0.39 is 5.41 Å². The highest BCUT2D eigenvalue weighted by Gasteiger charge is 2.52. The van der Waals surface area contributed by atoms with Crippen molar-refractivity contribution in [3.63, 3.8) is 0 Å². The fourth-order valence-electron chi connectivity index (χ4n) is 10.8. The molecule has 13 rings (SSSR count). The van der Waals surface area contributed by atoms with Crippen molar-refractivity contribution >= 4 is 65.6 Å². The maximum atomic E-state index is 2.52. The van der Waals surface area contributed by atoms with Crippen molar-refractivity contribution in [2.24, 2.45) is 0 Å². The van der Waals surface area contributed by atoms with Crippen LogP contribution < -0.4 is 9.80 Å². The molecule has 0 unspecified atom stereocenters. The Labute approximate surface area is 377 Å². The van der Waals surface area contributed by atoms with E-state index in [2.05, 4.69) is 252 Å². The van der Waals surface area contributed by atoms with Gasteiger partial charge in [0.2, 0.25) is 0 Å². The second-order valence-electron chi connectivity index (χ2n) is 16.8. The number of para-hydroxylation sites is 4. The van der Waals surface area contributed by atoms with Crippen molar-refractivity contribution in [2.75, 3.05) is 9.80 Å². The van der Waals surface area contributed by atoms with Crippen molar-refractivity contribution in [3.8, 4) is 33.4 Å². The Morgan fingerprint density at radius 2 is 0.906 bits per heavy atom. The molecule has 300 valence electrons. The van der Waals surface area contributed by atoms with E-state index in [0.717, 1.165) is 22.7 Å². The zero-order valence-corrected chi connectivity index (χ0v) is 35.7. The van der Waals surface area contributed by atoms with Gasteiger partial charge < -0.3 is 9.80 Å². The molecule has 2 nitrogen and oxygen atoms in total. The van der Waals surface area contributed by atoms with Crippen LogP contribution in [-0.4, -0.2) is 0 Å². The van der Waals surface area contributed by atoms with Crippen molar-refractivity contribution in [3.05, 3.63) is 265 Å². The first-order chi connectivity index (χ1) is 31.8. The molecule has 0 radical (unpaired) electrons. The summed E-state index contributed by atoms with van der Waals surface area (Å²) in [6.07, 6.45) is 0. The van der Waals surface area contributed by atoms with Crippen LogP contribution in [0.4, 0.5) is 34.1 Å². The van der Waals surface area contributed by atoms with Gasteiger partial charge in [-0.1, -0.05) is 176 Å². The fraction of sp³-hybridized carbons (Fsp3) is 0.0164. The lowest BCUT2D eigenvalue weighted by Gasteiger charge is -2.45. The highest BCUT2D eigenvalue weighted by atomic mass is 32.1. The van der Waals surface area contributed by atoms with Crippen LogP contribution in [0.5, 0.6) is 0 Å². The normalized spacial score (nSPS) is 13.1. The summed E-state index contributed by atoms with van der Waals surface area (Å²) in [5.41, 5.74) is 18.7. The Hall–Kier alpha value is -7.98. The Bertz CT molecular complexity index is 3520. The monoisotopic (exact) mass is 832 g/mol. The third-order valence-corrected chi connectivity index (χ3v) is 14.6. The number of benzene rings is 10. The van der Waals surface area contributed by atoms with Gasteiger partial charge in [0.05, 0.1) is 28.2 Å². The second kappa shape index (κ2) is 14.6. The first kappa shape index (κ1) is 36.7. The lowest BCUT2D eigenvalue weighted by molar-refractivity contribution is 0.752. The molecule has 0 atom stereocenters. The number of fused-ring (bicyclic) bond motifs is 12. The summed E-state index contributed by atoms with van der Waals surface area (Å²) < 4.78 is 2.62. The molecule has 0 saturated heterocycles. The van der Waals surface area contributed by atoms with Gasteiger partial charge in [-0.15, -0.1) is 11.3 Å². The average molecular weight is 833 g/mol. The predicted molar refractivity (Wildman–Crippen MR) is 270 cm³/mol. The molecule has 0 amide bonds. The lowest BCUT2D eigenvalue weighted by Crippen LogP contribution is -2.36. The maximum absolute atomic E-state index is 2.52. The topological polar surface area (TPSA) is 6.48 Å². The Morgan fingerprint density at radius 1 is 0.359 bits per heavy atom. The molecule has 0 fully saturated rings. The first-order valence-electron chi connectivity index (χ1n) is 22.0. The van der Waals surface area contributed by atoms with Crippen molar-refractivity contribution in [2.45, 2.75) is 5.41 Å². The standard InChI is InChI=1S/C61H40N2S/c1-3-18-41(19-4-1)42-34-37-45(38-35-42)62(54-29-13-8-22-46(54)43-36-39-59-49(40-43)47-23-9-16-33-58(47)64-59)57-32-17-28-53-60(57)48-24-7-10-25-50(48)61(53)51-26-11-14-30-55(51)63(44-20-5-2-6-21-44)56-31-15-12-27-52(56)61/h1-40H. The molecule has 0 N–H and O–H groups in total. The third kappa shape index (κ3) is 5.38. The number of thiophene rings is 1. The highest BCUT2D eigenvalue weighted by Crippen LogP contribution is 2.65. The summed E-state index contributed by atoms with van der Waals surface area (Å²) >= 11 is 1.86. The van der Waals surface area contributed by atoms with E-state index in [1.165, 1.54) is 87.2 Å². The van der Waals surface area contributed by atoms with Crippen LogP contribution in [0, 0.1) is 0 Å². The van der Waals surface area contributed by atoms with Crippen LogP contribution in [-0.2, 0) is 5.41 Å². The quantitative estimate of drug-likeness (QED) is 0.165. The minimum absolute atomic E-state index is 0.576. The van der Waals surface area contributed by atoms with Crippen LogP contribution >= 0.6 is 11.3 Å². The summed E-state index contributed by atoms with van der Waals surface area (Å²) in [4.78, 5) is 4.97. The number of anilines is 6. The summed E-state index contributed by atoms with van der Waals surface area (Å²) in [5.74, 6) is 0. The largest absolute Gasteiger partial charge is 0.310 e. The number of hydrogen-bond donors (Lipinski definition) is 0. The minimum Gasteiger partial charge on any atom is -0.310 e. The lowest BCUT2D eigenvalue weighted by atomic mass is 9.64. The van der Waals surface area contributed by atoms with Gasteiger partial charge in [-0.2, -0.15) is 0 Å². The summed E-state index contributed by atoms with van der Waals surface area (Å²) in [5, 5.41) is 2.60. The number of hydrogen-bond acceptors (Lipinski definition) is 3. The molecule has 1 spiro atoms. The van der Waals surface area contributed by atoms with Crippen LogP contribution in [0.15, 0.2) is 243 Å². The molecular weight excluding hydrogens is 793 g/mol. The maximum Gasteiger partial charge on any atom is 0.0755 e. The predicted octanol–water partition coefficient (Wildman–Crippen LogP) is 17.0. The van der Waals surface area contributed by atoms with E-state index >= 15 is 0 Å². The molecule has 0 bridgehead atoms. The SMILES string of the molecule is c1ccc(-c2ccc(N(c3ccccc3-c3ccc4sc5ccccc5c4c3)c3cccc4c3-c3ccccc3C43c4ccccc4N(c4ccccc4)c4ccccc43)cc2)cc1. The van der Waals surface area contributed by atoms with E-state index in [1.807, 2.05) is 11.3 Å². The molecular formula is C61H40N2S. The Balaban J connectivity index is 1.08. The van der Waals surface area contributed by atoms with Crippen molar-refractivity contribution < 1.29 is 0 Å². The minimum atomic E-state index is -0.576. The Kier molecular flexibility index (Phi) is 8.34. The molecule has 3 heteroatoms. The van der Waals surface area contributed by atoms with Gasteiger partial charge in [0.15, 0.2) is 0 Å².